The van der Waals surface area contributed by atoms with Gasteiger partial charge in [-0.15, -0.1) is 0 Å². The molecular weight excluding hydrogens is 466 g/mol. The minimum absolute atomic E-state index is 0.0270. The molecule has 1 spiro atoms. The first kappa shape index (κ1) is 22.4. The summed E-state index contributed by atoms with van der Waals surface area (Å²) in [6.07, 6.45) is 7.20. The monoisotopic (exact) mass is 493 g/mol. The smallest absolute Gasteiger partial charge is 0.413 e. The number of rotatable bonds is 3. The van der Waals surface area contributed by atoms with E-state index in [0.717, 1.165) is 78.5 Å². The topological polar surface area (TPSA) is 97.4 Å². The molecule has 8 nitrogen and oxygen atoms in total. The lowest BCUT2D eigenvalue weighted by Gasteiger charge is -2.49. The number of benzene rings is 1. The van der Waals surface area contributed by atoms with Gasteiger partial charge in [0.15, 0.2) is 0 Å². The summed E-state index contributed by atoms with van der Waals surface area (Å²) >= 11 is 6.88. The lowest BCUT2D eigenvalue weighted by atomic mass is 9.62. The fourth-order valence-corrected chi connectivity index (χ4v) is 5.92. The number of pyridine rings is 2. The maximum absolute atomic E-state index is 12.5. The first-order valence-electron chi connectivity index (χ1n) is 12.1. The SMILES string of the molecule is Cc1c(-c2ccc3cnc(NC(=O)OC4CC5(CCNCC5)C4)cc3c2Cl)cnc2c1NCCO2. The van der Waals surface area contributed by atoms with Crippen molar-refractivity contribution in [1.82, 2.24) is 15.3 Å². The van der Waals surface area contributed by atoms with Gasteiger partial charge in [-0.3, -0.25) is 5.32 Å². The third-order valence-corrected chi connectivity index (χ3v) is 7.97. The molecule has 1 amide bonds. The number of nitrogens with one attached hydrogen (secondary N) is 3. The third-order valence-electron chi connectivity index (χ3n) is 7.56. The highest BCUT2D eigenvalue weighted by Crippen LogP contribution is 2.49. The van der Waals surface area contributed by atoms with Crippen molar-refractivity contribution in [3.05, 3.63) is 41.2 Å². The van der Waals surface area contributed by atoms with E-state index in [0.29, 0.717) is 28.7 Å². The van der Waals surface area contributed by atoms with E-state index in [-0.39, 0.29) is 6.10 Å². The summed E-state index contributed by atoms with van der Waals surface area (Å²) in [6, 6.07) is 5.74. The Morgan fingerprint density at radius 3 is 2.83 bits per heavy atom. The highest BCUT2D eigenvalue weighted by Gasteiger charge is 2.46. The summed E-state index contributed by atoms with van der Waals surface area (Å²) in [7, 11) is 0. The maximum Gasteiger partial charge on any atom is 0.413 e. The number of halogens is 1. The van der Waals surface area contributed by atoms with Crippen LogP contribution in [0.5, 0.6) is 5.88 Å². The molecule has 0 atom stereocenters. The quantitative estimate of drug-likeness (QED) is 0.464. The van der Waals surface area contributed by atoms with E-state index < -0.39 is 6.09 Å². The molecule has 0 radical (unpaired) electrons. The van der Waals surface area contributed by atoms with Gasteiger partial charge >= 0.3 is 6.09 Å². The van der Waals surface area contributed by atoms with Crippen LogP contribution in [0.3, 0.4) is 0 Å². The highest BCUT2D eigenvalue weighted by molar-refractivity contribution is 6.38. The number of aromatic nitrogens is 2. The van der Waals surface area contributed by atoms with Crippen LogP contribution >= 0.6 is 11.6 Å². The lowest BCUT2D eigenvalue weighted by Crippen LogP contribution is -2.49. The second-order valence-electron chi connectivity index (χ2n) is 9.78. The van der Waals surface area contributed by atoms with Crippen LogP contribution in [0.25, 0.3) is 21.9 Å². The van der Waals surface area contributed by atoms with Crippen LogP contribution in [0, 0.1) is 12.3 Å². The van der Waals surface area contributed by atoms with Crippen molar-refractivity contribution < 1.29 is 14.3 Å². The number of piperidine rings is 1. The highest BCUT2D eigenvalue weighted by atomic mass is 35.5. The zero-order valence-corrected chi connectivity index (χ0v) is 20.4. The molecule has 2 aromatic heterocycles. The zero-order valence-electron chi connectivity index (χ0n) is 19.6. The van der Waals surface area contributed by atoms with Crippen LogP contribution in [0.4, 0.5) is 16.3 Å². The molecule has 3 aromatic rings. The largest absolute Gasteiger partial charge is 0.474 e. The molecule has 1 saturated heterocycles. The molecule has 182 valence electrons. The zero-order chi connectivity index (χ0) is 24.0. The molecule has 9 heteroatoms. The molecule has 4 heterocycles. The van der Waals surface area contributed by atoms with E-state index in [1.807, 2.05) is 19.1 Å². The van der Waals surface area contributed by atoms with Gasteiger partial charge in [-0.1, -0.05) is 23.7 Å². The fourth-order valence-electron chi connectivity index (χ4n) is 5.59. The Morgan fingerprint density at radius 2 is 2.00 bits per heavy atom. The number of hydrogen-bond donors (Lipinski definition) is 3. The van der Waals surface area contributed by atoms with E-state index in [1.54, 1.807) is 18.5 Å². The van der Waals surface area contributed by atoms with Crippen molar-refractivity contribution >= 4 is 40.0 Å². The minimum atomic E-state index is -0.473. The summed E-state index contributed by atoms with van der Waals surface area (Å²) in [5.74, 6) is 1.02. The number of carbonyl (C=O) groups is 1. The van der Waals surface area contributed by atoms with Gasteiger partial charge in [-0.05, 0) is 62.7 Å². The van der Waals surface area contributed by atoms with Crippen LogP contribution < -0.4 is 20.7 Å². The number of fused-ring (bicyclic) bond motifs is 2. The molecule has 1 aliphatic carbocycles. The van der Waals surface area contributed by atoms with Gasteiger partial charge < -0.3 is 20.1 Å². The first-order valence-corrected chi connectivity index (χ1v) is 12.5. The van der Waals surface area contributed by atoms with Crippen molar-refractivity contribution in [1.29, 1.82) is 0 Å². The second kappa shape index (κ2) is 8.84. The number of ether oxygens (including phenoxy) is 2. The Balaban J connectivity index is 1.21. The predicted molar refractivity (Wildman–Crippen MR) is 136 cm³/mol. The van der Waals surface area contributed by atoms with E-state index in [4.69, 9.17) is 21.1 Å². The second-order valence-corrected chi connectivity index (χ2v) is 10.2. The van der Waals surface area contributed by atoms with Crippen LogP contribution in [0.1, 0.15) is 31.2 Å². The Hall–Kier alpha value is -3.10. The van der Waals surface area contributed by atoms with Crippen molar-refractivity contribution in [2.75, 3.05) is 36.9 Å². The van der Waals surface area contributed by atoms with Crippen molar-refractivity contribution in [2.24, 2.45) is 5.41 Å². The molecule has 1 saturated carbocycles. The van der Waals surface area contributed by atoms with E-state index in [9.17, 15) is 4.79 Å². The molecule has 6 rings (SSSR count). The van der Waals surface area contributed by atoms with Crippen LogP contribution in [-0.2, 0) is 4.74 Å². The first-order chi connectivity index (χ1) is 17.0. The van der Waals surface area contributed by atoms with Crippen LogP contribution in [0.2, 0.25) is 5.02 Å². The van der Waals surface area contributed by atoms with Gasteiger partial charge in [-0.25, -0.2) is 14.8 Å². The van der Waals surface area contributed by atoms with E-state index in [1.165, 1.54) is 0 Å². The number of nitrogens with zero attached hydrogens (tertiary/aromatic N) is 2. The van der Waals surface area contributed by atoms with Crippen molar-refractivity contribution in [3.8, 4) is 17.0 Å². The molecule has 0 bridgehead atoms. The normalized spacial score (nSPS) is 18.8. The maximum atomic E-state index is 12.5. The lowest BCUT2D eigenvalue weighted by molar-refractivity contribution is -0.0539. The Labute approximate surface area is 208 Å². The molecule has 35 heavy (non-hydrogen) atoms. The van der Waals surface area contributed by atoms with Crippen LogP contribution in [0.15, 0.2) is 30.6 Å². The number of anilines is 2. The summed E-state index contributed by atoms with van der Waals surface area (Å²) in [5.41, 5.74) is 4.06. The summed E-state index contributed by atoms with van der Waals surface area (Å²) in [6.45, 7) is 5.46. The van der Waals surface area contributed by atoms with Crippen LogP contribution in [-0.4, -0.2) is 48.4 Å². The van der Waals surface area contributed by atoms with Gasteiger partial charge in [0.2, 0.25) is 5.88 Å². The standard InChI is InChI=1S/C26H28ClN5O3/c1-15-20(14-31-24-23(15)29-8-9-34-24)18-3-2-16-13-30-21(10-19(16)22(18)27)32-25(33)35-17-11-26(12-17)4-6-28-7-5-26/h2-3,10,13-14,17,28-29H,4-9,11-12H2,1H3,(H,30,32,33). The fraction of sp³-hybridized carbons (Fsp3) is 0.423. The van der Waals surface area contributed by atoms with Gasteiger partial charge in [0, 0.05) is 40.8 Å². The van der Waals surface area contributed by atoms with Gasteiger partial charge in [0.1, 0.15) is 24.2 Å². The van der Waals surface area contributed by atoms with Gasteiger partial charge in [0.25, 0.3) is 0 Å². The molecule has 3 aliphatic rings. The summed E-state index contributed by atoms with van der Waals surface area (Å²) < 4.78 is 11.3. The van der Waals surface area contributed by atoms with E-state index >= 15 is 0 Å². The number of amides is 1. The summed E-state index contributed by atoms with van der Waals surface area (Å²) in [4.78, 5) is 21.4. The number of hydrogen-bond acceptors (Lipinski definition) is 7. The third kappa shape index (κ3) is 4.15. The predicted octanol–water partition coefficient (Wildman–Crippen LogP) is 5.14. The average molecular weight is 494 g/mol. The Bertz CT molecular complexity index is 1300. The summed E-state index contributed by atoms with van der Waals surface area (Å²) in [5, 5.41) is 11.8. The Kier molecular flexibility index (Phi) is 5.65. The molecule has 1 aromatic carbocycles. The number of carbonyl (C=O) groups excluding carboxylic acids is 1. The van der Waals surface area contributed by atoms with Gasteiger partial charge in [-0.2, -0.15) is 0 Å². The molecule has 2 aliphatic heterocycles. The van der Waals surface area contributed by atoms with Crippen molar-refractivity contribution in [2.45, 2.75) is 38.7 Å². The van der Waals surface area contributed by atoms with Crippen molar-refractivity contribution in [3.63, 3.8) is 0 Å². The Morgan fingerprint density at radius 1 is 1.17 bits per heavy atom. The molecule has 2 fully saturated rings. The minimum Gasteiger partial charge on any atom is -0.474 e. The van der Waals surface area contributed by atoms with Gasteiger partial charge in [0.05, 0.1) is 5.02 Å². The van der Waals surface area contributed by atoms with E-state index in [2.05, 4.69) is 25.9 Å². The molecular formula is C26H28ClN5O3. The molecule has 0 unspecified atom stereocenters. The average Bonchev–Trinajstić information content (AvgIpc) is 2.85. The molecule has 3 N–H and O–H groups in total.